The van der Waals surface area contributed by atoms with Gasteiger partial charge in [-0.3, -0.25) is 4.79 Å². The lowest BCUT2D eigenvalue weighted by Crippen LogP contribution is -2.51. The Labute approximate surface area is 170 Å². The van der Waals surface area contributed by atoms with Gasteiger partial charge >= 0.3 is 0 Å². The molecule has 0 saturated carbocycles. The number of anilines is 1. The molecular weight excluding hydrogens is 397 g/mol. The van der Waals surface area contributed by atoms with E-state index in [2.05, 4.69) is 4.90 Å². The average molecular weight is 421 g/mol. The summed E-state index contributed by atoms with van der Waals surface area (Å²) in [6.45, 7) is 2.02. The fraction of sp³-hybridized carbons (Fsp3) is 0.350. The van der Waals surface area contributed by atoms with Crippen molar-refractivity contribution in [3.05, 3.63) is 54.3 Å². The lowest BCUT2D eigenvalue weighted by Gasteiger charge is -2.36. The normalized spacial score (nSPS) is 14.9. The van der Waals surface area contributed by atoms with Crippen molar-refractivity contribution in [2.75, 3.05) is 51.8 Å². The molecule has 7 nitrogen and oxygen atoms in total. The summed E-state index contributed by atoms with van der Waals surface area (Å²) in [6.07, 6.45) is 0. The number of carbonyl (C=O) groups excluding carboxylic acids is 1. The zero-order valence-corrected chi connectivity index (χ0v) is 17.2. The van der Waals surface area contributed by atoms with Crippen molar-refractivity contribution in [3.8, 4) is 5.75 Å². The number of methoxy groups -OCH3 is 1. The monoisotopic (exact) mass is 421 g/mol. The number of carbonyl (C=O) groups is 1. The summed E-state index contributed by atoms with van der Waals surface area (Å²) in [7, 11) is -1.47. The maximum absolute atomic E-state index is 13.6. The summed E-state index contributed by atoms with van der Waals surface area (Å²) >= 11 is 0. The fourth-order valence-corrected chi connectivity index (χ4v) is 4.53. The van der Waals surface area contributed by atoms with Gasteiger partial charge in [0.1, 0.15) is 16.5 Å². The molecule has 0 aliphatic carbocycles. The molecule has 0 atom stereocenters. The highest BCUT2D eigenvalue weighted by Crippen LogP contribution is 2.27. The quantitative estimate of drug-likeness (QED) is 0.712. The van der Waals surface area contributed by atoms with E-state index in [1.54, 1.807) is 4.90 Å². The van der Waals surface area contributed by atoms with Crippen molar-refractivity contribution >= 4 is 21.6 Å². The Kier molecular flexibility index (Phi) is 6.39. The van der Waals surface area contributed by atoms with E-state index in [-0.39, 0.29) is 23.1 Å². The SMILES string of the molecule is COc1ccc(F)cc1S(=O)(=O)N(C)CC(=O)N1CCN(c2ccccc2)CC1. The van der Waals surface area contributed by atoms with Gasteiger partial charge in [-0.2, -0.15) is 4.31 Å². The third-order valence-electron chi connectivity index (χ3n) is 4.93. The molecule has 29 heavy (non-hydrogen) atoms. The minimum Gasteiger partial charge on any atom is -0.495 e. The predicted octanol–water partition coefficient (Wildman–Crippen LogP) is 1.80. The van der Waals surface area contributed by atoms with Crippen LogP contribution in [0.25, 0.3) is 0 Å². The lowest BCUT2D eigenvalue weighted by molar-refractivity contribution is -0.131. The number of ether oxygens (including phenoxy) is 1. The number of amides is 1. The predicted molar refractivity (Wildman–Crippen MR) is 108 cm³/mol. The van der Waals surface area contributed by atoms with Gasteiger partial charge in [0.2, 0.25) is 15.9 Å². The summed E-state index contributed by atoms with van der Waals surface area (Å²) < 4.78 is 45.2. The Bertz CT molecular complexity index is 961. The third-order valence-corrected chi connectivity index (χ3v) is 6.75. The van der Waals surface area contributed by atoms with Crippen LogP contribution < -0.4 is 9.64 Å². The van der Waals surface area contributed by atoms with E-state index in [0.29, 0.717) is 26.2 Å². The van der Waals surface area contributed by atoms with Gasteiger partial charge in [-0.05, 0) is 30.3 Å². The molecule has 1 saturated heterocycles. The third kappa shape index (κ3) is 4.68. The Morgan fingerprint density at radius 2 is 1.76 bits per heavy atom. The maximum Gasteiger partial charge on any atom is 0.247 e. The van der Waals surface area contributed by atoms with E-state index in [9.17, 15) is 17.6 Å². The molecule has 2 aromatic carbocycles. The van der Waals surface area contributed by atoms with E-state index in [0.717, 1.165) is 22.1 Å². The van der Waals surface area contributed by atoms with Crippen LogP contribution in [0.5, 0.6) is 5.75 Å². The Balaban J connectivity index is 1.64. The molecule has 0 unspecified atom stereocenters. The topological polar surface area (TPSA) is 70.2 Å². The van der Waals surface area contributed by atoms with Crippen LogP contribution in [0.2, 0.25) is 0 Å². The number of rotatable bonds is 6. The smallest absolute Gasteiger partial charge is 0.247 e. The fourth-order valence-electron chi connectivity index (χ4n) is 3.25. The molecule has 156 valence electrons. The van der Waals surface area contributed by atoms with Crippen LogP contribution in [0.1, 0.15) is 0 Å². The van der Waals surface area contributed by atoms with Gasteiger partial charge in [-0.15, -0.1) is 0 Å². The number of likely N-dealkylation sites (N-methyl/N-ethyl adjacent to an activating group) is 1. The number of hydrogen-bond acceptors (Lipinski definition) is 5. The molecule has 1 aliphatic heterocycles. The van der Waals surface area contributed by atoms with E-state index in [1.165, 1.54) is 20.2 Å². The van der Waals surface area contributed by atoms with Crippen molar-refractivity contribution in [3.63, 3.8) is 0 Å². The van der Waals surface area contributed by atoms with Crippen LogP contribution in [0.15, 0.2) is 53.4 Å². The molecule has 0 N–H and O–H groups in total. The molecule has 1 amide bonds. The first-order chi connectivity index (χ1) is 13.8. The summed E-state index contributed by atoms with van der Waals surface area (Å²) in [5.41, 5.74) is 1.09. The van der Waals surface area contributed by atoms with E-state index in [4.69, 9.17) is 4.74 Å². The second-order valence-electron chi connectivity index (χ2n) is 6.76. The van der Waals surface area contributed by atoms with Crippen LogP contribution in [-0.4, -0.2) is 70.4 Å². The van der Waals surface area contributed by atoms with Gasteiger partial charge in [0, 0.05) is 38.9 Å². The highest BCUT2D eigenvalue weighted by atomic mass is 32.2. The van der Waals surface area contributed by atoms with Gasteiger partial charge in [0.05, 0.1) is 13.7 Å². The molecule has 1 fully saturated rings. The first-order valence-electron chi connectivity index (χ1n) is 9.20. The van der Waals surface area contributed by atoms with Gasteiger partial charge in [0.25, 0.3) is 0 Å². The van der Waals surface area contributed by atoms with Crippen LogP contribution in [0, 0.1) is 5.82 Å². The van der Waals surface area contributed by atoms with Crippen molar-refractivity contribution in [2.45, 2.75) is 4.90 Å². The highest BCUT2D eigenvalue weighted by molar-refractivity contribution is 7.89. The minimum atomic E-state index is -4.08. The van der Waals surface area contributed by atoms with E-state index in [1.807, 2.05) is 30.3 Å². The van der Waals surface area contributed by atoms with E-state index >= 15 is 0 Å². The standard InChI is InChI=1S/C20H24FN3O4S/c1-22(29(26,27)19-14-16(21)8-9-18(19)28-2)15-20(25)24-12-10-23(11-13-24)17-6-4-3-5-7-17/h3-9,14H,10-13,15H2,1-2H3. The van der Waals surface area contributed by atoms with Gasteiger partial charge in [-0.1, -0.05) is 18.2 Å². The molecule has 9 heteroatoms. The molecule has 3 rings (SSSR count). The highest BCUT2D eigenvalue weighted by Gasteiger charge is 2.29. The minimum absolute atomic E-state index is 0.0298. The lowest BCUT2D eigenvalue weighted by atomic mass is 10.2. The second-order valence-corrected chi connectivity index (χ2v) is 8.77. The van der Waals surface area contributed by atoms with Gasteiger partial charge in [0.15, 0.2) is 0 Å². The number of nitrogens with zero attached hydrogens (tertiary/aromatic N) is 3. The van der Waals surface area contributed by atoms with Crippen LogP contribution >= 0.6 is 0 Å². The Morgan fingerprint density at radius 3 is 2.38 bits per heavy atom. The second kappa shape index (κ2) is 8.79. The number of hydrogen-bond donors (Lipinski definition) is 0. The first-order valence-corrected chi connectivity index (χ1v) is 10.6. The molecule has 2 aromatic rings. The number of benzene rings is 2. The van der Waals surface area contributed by atoms with Gasteiger partial charge < -0.3 is 14.5 Å². The Hall–Kier alpha value is -2.65. The van der Waals surface area contributed by atoms with Crippen LogP contribution in [0.4, 0.5) is 10.1 Å². The molecule has 1 aliphatic rings. The number of sulfonamides is 1. The average Bonchev–Trinajstić information content (AvgIpc) is 2.74. The van der Waals surface area contributed by atoms with Crippen molar-refractivity contribution < 1.29 is 22.3 Å². The molecular formula is C20H24FN3O4S. The maximum atomic E-state index is 13.6. The molecule has 0 spiro atoms. The number of piperazine rings is 1. The molecule has 0 radical (unpaired) electrons. The van der Waals surface area contributed by atoms with Crippen molar-refractivity contribution in [1.82, 2.24) is 9.21 Å². The molecule has 0 aromatic heterocycles. The summed E-state index contributed by atoms with van der Waals surface area (Å²) in [6, 6.07) is 13.2. The first kappa shape index (κ1) is 21.1. The summed E-state index contributed by atoms with van der Waals surface area (Å²) in [5, 5.41) is 0. The number of halogens is 1. The summed E-state index contributed by atoms with van der Waals surface area (Å²) in [5.74, 6) is -0.956. The molecule has 1 heterocycles. The zero-order chi connectivity index (χ0) is 21.0. The summed E-state index contributed by atoms with van der Waals surface area (Å²) in [4.78, 5) is 16.2. The van der Waals surface area contributed by atoms with Crippen LogP contribution in [-0.2, 0) is 14.8 Å². The Morgan fingerprint density at radius 1 is 1.10 bits per heavy atom. The van der Waals surface area contributed by atoms with E-state index < -0.39 is 15.8 Å². The van der Waals surface area contributed by atoms with Crippen LogP contribution in [0.3, 0.4) is 0 Å². The van der Waals surface area contributed by atoms with Crippen molar-refractivity contribution in [2.24, 2.45) is 0 Å². The molecule has 0 bridgehead atoms. The van der Waals surface area contributed by atoms with Crippen molar-refractivity contribution in [1.29, 1.82) is 0 Å². The largest absolute Gasteiger partial charge is 0.495 e. The number of para-hydroxylation sites is 1. The zero-order valence-electron chi connectivity index (χ0n) is 16.4. The van der Waals surface area contributed by atoms with Gasteiger partial charge in [-0.25, -0.2) is 12.8 Å².